The topological polar surface area (TPSA) is 117 Å². The molecule has 36 heavy (non-hydrogen) atoms. The van der Waals surface area contributed by atoms with Gasteiger partial charge in [-0.25, -0.2) is 4.79 Å². The molecule has 0 bridgehead atoms. The maximum absolute atomic E-state index is 12.4. The average molecular weight is 482 g/mol. The number of ether oxygens (including phenoxy) is 1. The number of nitrogens with one attached hydrogen (secondary N) is 1. The number of hydrogen-bond donors (Lipinski definition) is 2. The van der Waals surface area contributed by atoms with Crippen molar-refractivity contribution in [3.63, 3.8) is 0 Å². The first-order chi connectivity index (χ1) is 17.4. The number of aliphatic carboxylic acids is 1. The molecule has 8 heteroatoms. The lowest BCUT2D eigenvalue weighted by Gasteiger charge is -2.14. The molecule has 0 saturated heterocycles. The van der Waals surface area contributed by atoms with Crippen molar-refractivity contribution in [1.82, 2.24) is 5.32 Å². The summed E-state index contributed by atoms with van der Waals surface area (Å²) >= 11 is 0. The van der Waals surface area contributed by atoms with Crippen molar-refractivity contribution < 1.29 is 24.2 Å². The molecule has 1 atom stereocenters. The molecule has 1 heterocycles. The first-order valence-electron chi connectivity index (χ1n) is 11.5. The summed E-state index contributed by atoms with van der Waals surface area (Å²) in [6.45, 7) is 1.75. The number of amides is 2. The number of nitrogens with zero attached hydrogens (tertiary/aromatic N) is 2. The van der Waals surface area contributed by atoms with E-state index in [0.29, 0.717) is 18.4 Å². The Kier molecular flexibility index (Phi) is 5.93. The summed E-state index contributed by atoms with van der Waals surface area (Å²) in [6, 6.07) is 24.0. The molecular weight excluding hydrogens is 458 g/mol. The Morgan fingerprint density at radius 3 is 2.06 bits per heavy atom. The average Bonchev–Trinajstić information content (AvgIpc) is 3.64. The molecule has 5 rings (SSSR count). The monoisotopic (exact) mass is 481 g/mol. The minimum Gasteiger partial charge on any atom is -0.481 e. The number of carboxylic acid groups (broad SMARTS) is 1. The lowest BCUT2D eigenvalue weighted by atomic mass is 9.93. The van der Waals surface area contributed by atoms with Crippen LogP contribution < -0.4 is 5.32 Å². The Hall–Kier alpha value is -4.59. The number of hydrogen-bond acceptors (Lipinski definition) is 5. The van der Waals surface area contributed by atoms with Crippen LogP contribution in [-0.2, 0) is 19.7 Å². The number of carbonyl (C=O) groups is 3. The third-order valence-electron chi connectivity index (χ3n) is 6.57. The summed E-state index contributed by atoms with van der Waals surface area (Å²) in [6.07, 6.45) is 0.0920. The highest BCUT2D eigenvalue weighted by Crippen LogP contribution is 2.48. The maximum Gasteiger partial charge on any atom is 0.413 e. The van der Waals surface area contributed by atoms with E-state index in [1.165, 1.54) is 0 Å². The summed E-state index contributed by atoms with van der Waals surface area (Å²) in [5.41, 5.74) is 3.46. The molecule has 8 nitrogen and oxygen atoms in total. The number of carbonyl (C=O) groups excluding carboxylic acids is 2. The van der Waals surface area contributed by atoms with Gasteiger partial charge >= 0.3 is 12.1 Å². The van der Waals surface area contributed by atoms with E-state index in [-0.39, 0.29) is 11.4 Å². The first kappa shape index (κ1) is 23.2. The van der Waals surface area contributed by atoms with Gasteiger partial charge in [-0.3, -0.25) is 14.9 Å². The van der Waals surface area contributed by atoms with E-state index >= 15 is 0 Å². The molecule has 1 unspecified atom stereocenters. The van der Waals surface area contributed by atoms with Crippen molar-refractivity contribution in [2.75, 3.05) is 0 Å². The van der Waals surface area contributed by atoms with Crippen LogP contribution in [0.25, 0.3) is 16.7 Å². The lowest BCUT2D eigenvalue weighted by molar-refractivity contribution is -0.140. The van der Waals surface area contributed by atoms with Gasteiger partial charge < -0.3 is 9.84 Å². The van der Waals surface area contributed by atoms with Gasteiger partial charge in [0.05, 0.1) is 11.0 Å². The van der Waals surface area contributed by atoms with Crippen molar-refractivity contribution in [2.24, 2.45) is 10.2 Å². The Bertz CT molecular complexity index is 1390. The maximum atomic E-state index is 12.4. The second-order valence-electron chi connectivity index (χ2n) is 8.85. The fourth-order valence-electron chi connectivity index (χ4n) is 4.29. The Balaban J connectivity index is 1.31. The zero-order valence-corrected chi connectivity index (χ0v) is 19.5. The molecule has 1 aliphatic heterocycles. The Morgan fingerprint density at radius 1 is 0.889 bits per heavy atom. The summed E-state index contributed by atoms with van der Waals surface area (Å²) in [7, 11) is 0. The van der Waals surface area contributed by atoms with Gasteiger partial charge in [0.1, 0.15) is 6.10 Å². The quantitative estimate of drug-likeness (QED) is 0.454. The smallest absolute Gasteiger partial charge is 0.413 e. The van der Waals surface area contributed by atoms with E-state index in [2.05, 4.69) is 15.5 Å². The van der Waals surface area contributed by atoms with Crippen LogP contribution in [0.3, 0.4) is 0 Å². The Morgan fingerprint density at radius 2 is 1.47 bits per heavy atom. The minimum atomic E-state index is -0.784. The van der Waals surface area contributed by atoms with Crippen molar-refractivity contribution >= 4 is 23.5 Å². The second kappa shape index (κ2) is 9.22. The predicted octanol–water partition coefficient (Wildman–Crippen LogP) is 5.62. The zero-order chi connectivity index (χ0) is 25.3. The third kappa shape index (κ3) is 4.40. The van der Waals surface area contributed by atoms with Crippen LogP contribution in [0.5, 0.6) is 0 Å². The van der Waals surface area contributed by atoms with Crippen LogP contribution in [0.1, 0.15) is 42.6 Å². The van der Waals surface area contributed by atoms with Crippen LogP contribution in [0.2, 0.25) is 0 Å². The van der Waals surface area contributed by atoms with Crippen LogP contribution in [0, 0.1) is 0 Å². The van der Waals surface area contributed by atoms with Gasteiger partial charge in [0.15, 0.2) is 5.82 Å². The number of rotatable bonds is 7. The summed E-state index contributed by atoms with van der Waals surface area (Å²) in [5, 5.41) is 19.4. The van der Waals surface area contributed by atoms with Crippen molar-refractivity contribution in [3.05, 3.63) is 101 Å². The summed E-state index contributed by atoms with van der Waals surface area (Å²) in [4.78, 5) is 36.4. The molecular formula is C28H23N3O5. The van der Waals surface area contributed by atoms with Gasteiger partial charge in [0.25, 0.3) is 5.91 Å². The standard InChI is InChI=1S/C28H23N3O5/c1-17(18-5-3-2-4-6-18)36-27(35)29-24-23(25(32)31-30-24)21-9-7-19(8-10-21)20-11-13-22(14-12-20)28(15-16-28)26(33)34/h2-14,17H,15-16H2,1H3,(H,29,35)(H,33,34). The van der Waals surface area contributed by atoms with E-state index in [4.69, 9.17) is 4.74 Å². The molecule has 2 amide bonds. The predicted molar refractivity (Wildman–Crippen MR) is 132 cm³/mol. The van der Waals surface area contributed by atoms with Crippen LogP contribution in [0.4, 0.5) is 4.79 Å². The molecule has 3 aromatic rings. The molecule has 0 spiro atoms. The number of carboxylic acids is 1. The van der Waals surface area contributed by atoms with Crippen LogP contribution >= 0.6 is 0 Å². The molecule has 1 aliphatic carbocycles. The van der Waals surface area contributed by atoms with Crippen molar-refractivity contribution in [2.45, 2.75) is 31.3 Å². The molecule has 180 valence electrons. The van der Waals surface area contributed by atoms with Crippen molar-refractivity contribution in [3.8, 4) is 11.1 Å². The summed E-state index contributed by atoms with van der Waals surface area (Å²) < 4.78 is 5.41. The number of alkyl carbamates (subject to hydrolysis) is 1. The molecule has 3 aromatic carbocycles. The zero-order valence-electron chi connectivity index (χ0n) is 19.5. The Labute approximate surface area is 207 Å². The van der Waals surface area contributed by atoms with E-state index in [9.17, 15) is 19.5 Å². The van der Waals surface area contributed by atoms with Gasteiger partial charge in [-0.15, -0.1) is 10.2 Å². The fourth-order valence-corrected chi connectivity index (χ4v) is 4.29. The van der Waals surface area contributed by atoms with Gasteiger partial charge in [-0.2, -0.15) is 0 Å². The second-order valence-corrected chi connectivity index (χ2v) is 8.85. The van der Waals surface area contributed by atoms with E-state index in [1.807, 2.05) is 66.7 Å². The molecule has 2 aliphatic rings. The highest BCUT2D eigenvalue weighted by molar-refractivity contribution is 6.22. The van der Waals surface area contributed by atoms with Crippen LogP contribution in [0.15, 0.2) is 94.9 Å². The minimum absolute atomic E-state index is 0.0331. The summed E-state index contributed by atoms with van der Waals surface area (Å²) in [5.74, 6) is -1.31. The van der Waals surface area contributed by atoms with Crippen molar-refractivity contribution in [1.29, 1.82) is 0 Å². The molecule has 0 aromatic heterocycles. The number of benzene rings is 3. The van der Waals surface area contributed by atoms with E-state index in [1.54, 1.807) is 19.1 Å². The largest absolute Gasteiger partial charge is 0.481 e. The van der Waals surface area contributed by atoms with E-state index in [0.717, 1.165) is 22.3 Å². The van der Waals surface area contributed by atoms with E-state index < -0.39 is 29.5 Å². The lowest BCUT2D eigenvalue weighted by Crippen LogP contribution is -2.24. The van der Waals surface area contributed by atoms with Gasteiger partial charge in [-0.05, 0) is 47.6 Å². The highest BCUT2D eigenvalue weighted by atomic mass is 16.6. The third-order valence-corrected chi connectivity index (χ3v) is 6.57. The fraction of sp³-hybridized carbons (Fsp3) is 0.179. The normalized spacial score (nSPS) is 16.5. The first-order valence-corrected chi connectivity index (χ1v) is 11.5. The van der Waals surface area contributed by atoms with Gasteiger partial charge in [0.2, 0.25) is 0 Å². The van der Waals surface area contributed by atoms with Gasteiger partial charge in [0, 0.05) is 0 Å². The van der Waals surface area contributed by atoms with Gasteiger partial charge in [-0.1, -0.05) is 78.9 Å². The molecule has 1 saturated carbocycles. The highest BCUT2D eigenvalue weighted by Gasteiger charge is 2.51. The SMILES string of the molecule is CC(OC(=O)NC1=C(c2ccc(-c3ccc(C4(C(=O)O)CC4)cc3)cc2)C(=O)N=N1)c1ccccc1. The number of azo groups is 1. The van der Waals surface area contributed by atoms with Crippen LogP contribution in [-0.4, -0.2) is 23.1 Å². The molecule has 0 radical (unpaired) electrons. The molecule has 1 fully saturated rings. The molecule has 2 N–H and O–H groups in total.